The van der Waals surface area contributed by atoms with Crippen LogP contribution in [0.4, 0.5) is 19.1 Å². The molecule has 0 spiro atoms. The molecule has 0 fully saturated rings. The van der Waals surface area contributed by atoms with E-state index in [0.29, 0.717) is 0 Å². The fraction of sp³-hybridized carbons (Fsp3) is 0.167. The van der Waals surface area contributed by atoms with Crippen molar-refractivity contribution < 1.29 is 17.9 Å². The van der Waals surface area contributed by atoms with Gasteiger partial charge in [0.25, 0.3) is 5.56 Å². The molecule has 0 aliphatic carbocycles. The van der Waals surface area contributed by atoms with Gasteiger partial charge in [-0.3, -0.25) is 9.78 Å². The van der Waals surface area contributed by atoms with Crippen LogP contribution in [0.25, 0.3) is 0 Å². The number of alkyl halides is 3. The van der Waals surface area contributed by atoms with Crippen molar-refractivity contribution in [3.63, 3.8) is 0 Å². The van der Waals surface area contributed by atoms with Crippen LogP contribution in [0.1, 0.15) is 5.69 Å². The first-order valence-corrected chi connectivity index (χ1v) is 6.50. The normalized spacial score (nSPS) is 11.4. The van der Waals surface area contributed by atoms with Crippen LogP contribution >= 0.6 is 23.2 Å². The third-order valence-electron chi connectivity index (χ3n) is 2.49. The molecule has 22 heavy (non-hydrogen) atoms. The van der Waals surface area contributed by atoms with Gasteiger partial charge < -0.3 is 10.1 Å². The van der Waals surface area contributed by atoms with Crippen molar-refractivity contribution in [1.29, 1.82) is 0 Å². The molecule has 1 aromatic heterocycles. The van der Waals surface area contributed by atoms with Gasteiger partial charge in [-0.05, 0) is 12.1 Å². The van der Waals surface area contributed by atoms with Gasteiger partial charge in [0.2, 0.25) is 11.7 Å². The Labute approximate surface area is 132 Å². The van der Waals surface area contributed by atoms with Crippen molar-refractivity contribution in [2.75, 3.05) is 12.4 Å². The second kappa shape index (κ2) is 6.05. The van der Waals surface area contributed by atoms with Crippen LogP contribution in [-0.2, 0) is 6.18 Å². The fourth-order valence-electron chi connectivity index (χ4n) is 1.53. The lowest BCUT2D eigenvalue weighted by Crippen LogP contribution is -2.21. The van der Waals surface area contributed by atoms with E-state index < -0.39 is 23.2 Å². The number of nitrogens with zero attached hydrogens (tertiary/aromatic N) is 1. The summed E-state index contributed by atoms with van der Waals surface area (Å²) in [5, 5.41) is 2.60. The van der Waals surface area contributed by atoms with Gasteiger partial charge in [0.05, 0.1) is 10.0 Å². The first-order valence-electron chi connectivity index (χ1n) is 5.74. The number of hydrogen-bond acceptors (Lipinski definition) is 4. The van der Waals surface area contributed by atoms with Crippen LogP contribution in [0.15, 0.2) is 23.0 Å². The molecular formula is C12H8Cl2F3N3O2. The Balaban J connectivity index is 2.54. The van der Waals surface area contributed by atoms with Crippen LogP contribution in [0.3, 0.4) is 0 Å². The summed E-state index contributed by atoms with van der Waals surface area (Å²) >= 11 is 11.5. The maximum Gasteiger partial charge on any atom is 0.437 e. The highest BCUT2D eigenvalue weighted by atomic mass is 35.5. The number of H-pyrrole nitrogens is 1. The zero-order chi connectivity index (χ0) is 16.5. The number of nitrogens with one attached hydrogen (secondary N) is 2. The van der Waals surface area contributed by atoms with Crippen LogP contribution in [0, 0.1) is 0 Å². The molecule has 0 aliphatic heterocycles. The highest BCUT2D eigenvalue weighted by Gasteiger charge is 2.39. The van der Waals surface area contributed by atoms with E-state index >= 15 is 0 Å². The monoisotopic (exact) mass is 353 g/mol. The second-order valence-electron chi connectivity index (χ2n) is 4.02. The molecule has 0 atom stereocenters. The minimum absolute atomic E-state index is 0.0731. The summed E-state index contributed by atoms with van der Waals surface area (Å²) in [6.07, 6.45) is -4.87. The zero-order valence-corrected chi connectivity index (χ0v) is 12.4. The lowest BCUT2D eigenvalue weighted by molar-refractivity contribution is -0.142. The molecule has 0 unspecified atom stereocenters. The van der Waals surface area contributed by atoms with Crippen molar-refractivity contribution in [3.8, 4) is 11.5 Å². The van der Waals surface area contributed by atoms with E-state index in [2.05, 4.69) is 15.3 Å². The molecular weight excluding hydrogens is 346 g/mol. The Morgan fingerprint density at radius 3 is 2.50 bits per heavy atom. The topological polar surface area (TPSA) is 67.0 Å². The quantitative estimate of drug-likeness (QED) is 0.877. The molecule has 2 rings (SSSR count). The third kappa shape index (κ3) is 3.45. The number of ether oxygens (including phenoxy) is 1. The Morgan fingerprint density at radius 2 is 1.95 bits per heavy atom. The summed E-state index contributed by atoms with van der Waals surface area (Å²) in [7, 11) is 1.32. The summed E-state index contributed by atoms with van der Waals surface area (Å²) < 4.78 is 44.1. The summed E-state index contributed by atoms with van der Waals surface area (Å²) in [4.78, 5) is 17.2. The lowest BCUT2D eigenvalue weighted by atomic mass is 10.3. The van der Waals surface area contributed by atoms with Gasteiger partial charge in [-0.2, -0.15) is 13.2 Å². The van der Waals surface area contributed by atoms with Gasteiger partial charge in [0.1, 0.15) is 5.75 Å². The van der Waals surface area contributed by atoms with E-state index in [1.807, 2.05) is 0 Å². The van der Waals surface area contributed by atoms with Crippen LogP contribution in [0.5, 0.6) is 11.5 Å². The molecule has 0 saturated heterocycles. The molecule has 2 aromatic rings. The molecule has 5 nitrogen and oxygen atoms in total. The molecule has 2 N–H and O–H groups in total. The van der Waals surface area contributed by atoms with E-state index in [9.17, 15) is 18.0 Å². The molecule has 0 amide bonds. The van der Waals surface area contributed by atoms with Crippen molar-refractivity contribution in [1.82, 2.24) is 9.97 Å². The molecule has 0 aliphatic rings. The smallest absolute Gasteiger partial charge is 0.437 e. The second-order valence-corrected chi connectivity index (χ2v) is 4.83. The van der Waals surface area contributed by atoms with Gasteiger partial charge in [-0.1, -0.05) is 23.2 Å². The molecule has 118 valence electrons. The SMILES string of the molecule is CNc1nc(C(F)(F)F)c(Oc2ccc(Cl)c(Cl)c2)c(=O)[nH]1. The number of hydrogen-bond donors (Lipinski definition) is 2. The first-order chi connectivity index (χ1) is 10.2. The fourth-order valence-corrected chi connectivity index (χ4v) is 1.81. The summed E-state index contributed by atoms with van der Waals surface area (Å²) in [5.41, 5.74) is -2.54. The Kier molecular flexibility index (Phi) is 4.52. The maximum absolute atomic E-state index is 13.0. The average molecular weight is 354 g/mol. The number of rotatable bonds is 3. The summed E-state index contributed by atoms with van der Waals surface area (Å²) in [5.74, 6) is -1.40. The molecule has 1 heterocycles. The van der Waals surface area contributed by atoms with Gasteiger partial charge in [0.15, 0.2) is 5.69 Å². The number of anilines is 1. The van der Waals surface area contributed by atoms with Crippen molar-refractivity contribution >= 4 is 29.2 Å². The number of halogens is 5. The summed E-state index contributed by atoms with van der Waals surface area (Å²) in [6, 6.07) is 3.80. The molecule has 10 heteroatoms. The third-order valence-corrected chi connectivity index (χ3v) is 3.23. The predicted octanol–water partition coefficient (Wildman–Crippen LogP) is 3.93. The zero-order valence-electron chi connectivity index (χ0n) is 10.9. The van der Waals surface area contributed by atoms with Crippen LogP contribution in [-0.4, -0.2) is 17.0 Å². The van der Waals surface area contributed by atoms with E-state index in [1.165, 1.54) is 25.2 Å². The van der Waals surface area contributed by atoms with Crippen molar-refractivity contribution in [3.05, 3.63) is 44.3 Å². The Morgan fingerprint density at radius 1 is 1.27 bits per heavy atom. The number of benzene rings is 1. The van der Waals surface area contributed by atoms with Gasteiger partial charge in [0, 0.05) is 13.1 Å². The van der Waals surface area contributed by atoms with E-state index in [-0.39, 0.29) is 21.7 Å². The van der Waals surface area contributed by atoms with Crippen molar-refractivity contribution in [2.24, 2.45) is 0 Å². The summed E-state index contributed by atoms with van der Waals surface area (Å²) in [6.45, 7) is 0. The number of aromatic amines is 1. The maximum atomic E-state index is 13.0. The van der Waals surface area contributed by atoms with Crippen LogP contribution in [0.2, 0.25) is 10.0 Å². The van der Waals surface area contributed by atoms with E-state index in [1.54, 1.807) is 0 Å². The number of aromatic nitrogens is 2. The Hall–Kier alpha value is -1.93. The highest BCUT2D eigenvalue weighted by Crippen LogP contribution is 2.36. The minimum Gasteiger partial charge on any atom is -0.449 e. The standard InChI is InChI=1S/C12H8Cl2F3N3O2/c1-18-11-19-9(12(15,16)17)8(10(21)20-11)22-5-2-3-6(13)7(14)4-5/h2-4H,1H3,(H2,18,19,20,21). The largest absolute Gasteiger partial charge is 0.449 e. The first kappa shape index (κ1) is 16.4. The molecule has 0 saturated carbocycles. The average Bonchev–Trinajstić information content (AvgIpc) is 2.43. The Bertz CT molecular complexity index is 762. The highest BCUT2D eigenvalue weighted by molar-refractivity contribution is 6.42. The van der Waals surface area contributed by atoms with E-state index in [0.717, 1.165) is 0 Å². The molecule has 0 radical (unpaired) electrons. The van der Waals surface area contributed by atoms with Crippen LogP contribution < -0.4 is 15.6 Å². The molecule has 0 bridgehead atoms. The lowest BCUT2D eigenvalue weighted by Gasteiger charge is -2.13. The van der Waals surface area contributed by atoms with Gasteiger partial charge >= 0.3 is 6.18 Å². The van der Waals surface area contributed by atoms with Gasteiger partial charge in [-0.15, -0.1) is 0 Å². The van der Waals surface area contributed by atoms with E-state index in [4.69, 9.17) is 27.9 Å². The van der Waals surface area contributed by atoms with Crippen molar-refractivity contribution in [2.45, 2.75) is 6.18 Å². The predicted molar refractivity (Wildman–Crippen MR) is 75.9 cm³/mol. The van der Waals surface area contributed by atoms with Gasteiger partial charge in [-0.25, -0.2) is 4.98 Å². The minimum atomic E-state index is -4.87. The molecule has 1 aromatic carbocycles.